The predicted molar refractivity (Wildman–Crippen MR) is 59.5 cm³/mol. The molecule has 3 N–H and O–H groups in total. The summed E-state index contributed by atoms with van der Waals surface area (Å²) in [5.41, 5.74) is 2.69. The predicted octanol–water partition coefficient (Wildman–Crippen LogP) is 0.689. The number of sulfone groups is 1. The summed E-state index contributed by atoms with van der Waals surface area (Å²) in [5, 5.41) is 0. The van der Waals surface area contributed by atoms with E-state index in [2.05, 4.69) is 19.3 Å². The van der Waals surface area contributed by atoms with Crippen LogP contribution in [0.25, 0.3) is 0 Å². The lowest BCUT2D eigenvalue weighted by atomic mass is 9.96. The number of hydrogen-bond donors (Lipinski definition) is 2. The Kier molecular flexibility index (Phi) is 6.31. The van der Waals surface area contributed by atoms with Crippen LogP contribution in [0.15, 0.2) is 0 Å². The summed E-state index contributed by atoms with van der Waals surface area (Å²) in [5.74, 6) is 6.02. The minimum absolute atomic E-state index is 0.102. The first kappa shape index (κ1) is 13.9. The molecule has 0 amide bonds. The van der Waals surface area contributed by atoms with Crippen molar-refractivity contribution in [2.45, 2.75) is 39.2 Å². The average Bonchev–Trinajstić information content (AvgIpc) is 2.03. The Morgan fingerprint density at radius 3 is 2.29 bits per heavy atom. The van der Waals surface area contributed by atoms with E-state index in [4.69, 9.17) is 5.84 Å². The zero-order chi connectivity index (χ0) is 11.2. The molecule has 86 valence electrons. The zero-order valence-electron chi connectivity index (χ0n) is 9.29. The minimum atomic E-state index is -2.87. The summed E-state index contributed by atoms with van der Waals surface area (Å²) in [7, 11) is -2.87. The summed E-state index contributed by atoms with van der Waals surface area (Å²) in [6, 6.07) is 0.102. The van der Waals surface area contributed by atoms with Crippen LogP contribution in [0.4, 0.5) is 0 Å². The number of rotatable bonds is 7. The quantitative estimate of drug-likeness (QED) is 0.491. The molecular formula is C9H22N2O2S. The molecular weight excluding hydrogens is 200 g/mol. The highest BCUT2D eigenvalue weighted by atomic mass is 32.2. The van der Waals surface area contributed by atoms with Gasteiger partial charge in [-0.05, 0) is 18.8 Å². The van der Waals surface area contributed by atoms with E-state index in [0.29, 0.717) is 12.3 Å². The molecule has 14 heavy (non-hydrogen) atoms. The summed E-state index contributed by atoms with van der Waals surface area (Å²) >= 11 is 0. The van der Waals surface area contributed by atoms with Gasteiger partial charge in [0.1, 0.15) is 9.84 Å². The van der Waals surface area contributed by atoms with Gasteiger partial charge in [0.2, 0.25) is 0 Å². The van der Waals surface area contributed by atoms with E-state index >= 15 is 0 Å². The molecule has 0 saturated carbocycles. The molecule has 4 nitrogen and oxygen atoms in total. The Morgan fingerprint density at radius 2 is 1.93 bits per heavy atom. The van der Waals surface area contributed by atoms with Crippen molar-refractivity contribution in [2.24, 2.45) is 11.8 Å². The number of hydrogen-bond acceptors (Lipinski definition) is 4. The van der Waals surface area contributed by atoms with E-state index in [1.807, 2.05) is 0 Å². The Bertz CT molecular complexity index is 239. The van der Waals surface area contributed by atoms with Crippen molar-refractivity contribution in [3.63, 3.8) is 0 Å². The maximum absolute atomic E-state index is 11.0. The molecule has 0 aliphatic rings. The standard InChI is InChI=1S/C9H22N2O2S/c1-4-5-8(2)9(11-10)6-7-14(3,12)13/h8-9,11H,4-7,10H2,1-3H3. The van der Waals surface area contributed by atoms with Crippen LogP contribution < -0.4 is 11.3 Å². The number of nitrogens with two attached hydrogens (primary N) is 1. The molecule has 0 spiro atoms. The van der Waals surface area contributed by atoms with Gasteiger partial charge in [-0.2, -0.15) is 0 Å². The topological polar surface area (TPSA) is 72.2 Å². The SMILES string of the molecule is CCCC(C)C(CCS(C)(=O)=O)NN. The Hall–Kier alpha value is -0.130. The third-order valence-electron chi connectivity index (χ3n) is 2.44. The molecule has 2 unspecified atom stereocenters. The molecule has 0 radical (unpaired) electrons. The molecule has 0 rings (SSSR count). The van der Waals surface area contributed by atoms with E-state index in [1.54, 1.807) is 0 Å². The molecule has 0 heterocycles. The van der Waals surface area contributed by atoms with Gasteiger partial charge in [-0.25, -0.2) is 8.42 Å². The molecule has 5 heteroatoms. The maximum atomic E-state index is 11.0. The summed E-state index contributed by atoms with van der Waals surface area (Å²) < 4.78 is 21.9. The lowest BCUT2D eigenvalue weighted by molar-refractivity contribution is 0.351. The van der Waals surface area contributed by atoms with Gasteiger partial charge in [0.25, 0.3) is 0 Å². The lowest BCUT2D eigenvalue weighted by Gasteiger charge is -2.22. The molecule has 0 aromatic heterocycles. The second kappa shape index (κ2) is 6.37. The van der Waals surface area contributed by atoms with Crippen LogP contribution in [0.3, 0.4) is 0 Å². The second-order valence-corrected chi connectivity index (χ2v) is 6.22. The van der Waals surface area contributed by atoms with Gasteiger partial charge in [0.05, 0.1) is 5.75 Å². The monoisotopic (exact) mass is 222 g/mol. The van der Waals surface area contributed by atoms with Crippen molar-refractivity contribution < 1.29 is 8.42 Å². The van der Waals surface area contributed by atoms with Gasteiger partial charge in [-0.1, -0.05) is 20.3 Å². The van der Waals surface area contributed by atoms with Crippen LogP contribution in [-0.4, -0.2) is 26.5 Å². The van der Waals surface area contributed by atoms with Gasteiger partial charge < -0.3 is 0 Å². The fourth-order valence-corrected chi connectivity index (χ4v) is 2.21. The van der Waals surface area contributed by atoms with Crippen molar-refractivity contribution in [3.8, 4) is 0 Å². The fourth-order valence-electron chi connectivity index (χ4n) is 1.53. The van der Waals surface area contributed by atoms with Crippen LogP contribution in [-0.2, 0) is 9.84 Å². The van der Waals surface area contributed by atoms with Gasteiger partial charge in [0, 0.05) is 12.3 Å². The van der Waals surface area contributed by atoms with Crippen LogP contribution in [0.5, 0.6) is 0 Å². The van der Waals surface area contributed by atoms with E-state index in [0.717, 1.165) is 12.8 Å². The molecule has 0 bridgehead atoms. The zero-order valence-corrected chi connectivity index (χ0v) is 10.1. The highest BCUT2D eigenvalue weighted by Gasteiger charge is 2.16. The molecule has 0 saturated heterocycles. The van der Waals surface area contributed by atoms with Gasteiger partial charge >= 0.3 is 0 Å². The Labute approximate surface area is 87.1 Å². The molecule has 0 aromatic carbocycles. The normalized spacial score (nSPS) is 16.6. The molecule has 0 aliphatic carbocycles. The van der Waals surface area contributed by atoms with Crippen LogP contribution in [0.2, 0.25) is 0 Å². The lowest BCUT2D eigenvalue weighted by Crippen LogP contribution is -2.41. The van der Waals surface area contributed by atoms with Crippen molar-refractivity contribution >= 4 is 9.84 Å². The van der Waals surface area contributed by atoms with Gasteiger partial charge in [-0.3, -0.25) is 11.3 Å². The van der Waals surface area contributed by atoms with Crippen LogP contribution in [0.1, 0.15) is 33.1 Å². The van der Waals surface area contributed by atoms with E-state index < -0.39 is 9.84 Å². The highest BCUT2D eigenvalue weighted by molar-refractivity contribution is 7.90. The molecule has 0 aromatic rings. The fraction of sp³-hybridized carbons (Fsp3) is 1.00. The Morgan fingerprint density at radius 1 is 1.36 bits per heavy atom. The van der Waals surface area contributed by atoms with Crippen molar-refractivity contribution in [3.05, 3.63) is 0 Å². The Balaban J connectivity index is 4.02. The van der Waals surface area contributed by atoms with Crippen molar-refractivity contribution in [1.82, 2.24) is 5.43 Å². The van der Waals surface area contributed by atoms with Gasteiger partial charge in [-0.15, -0.1) is 0 Å². The van der Waals surface area contributed by atoms with Crippen LogP contribution >= 0.6 is 0 Å². The number of nitrogens with one attached hydrogen (secondary N) is 1. The first-order valence-electron chi connectivity index (χ1n) is 5.04. The molecule has 2 atom stereocenters. The van der Waals surface area contributed by atoms with E-state index in [-0.39, 0.29) is 11.8 Å². The molecule has 0 aliphatic heterocycles. The maximum Gasteiger partial charge on any atom is 0.147 e. The molecule has 0 fully saturated rings. The van der Waals surface area contributed by atoms with E-state index in [9.17, 15) is 8.42 Å². The average molecular weight is 222 g/mol. The van der Waals surface area contributed by atoms with Crippen molar-refractivity contribution in [2.75, 3.05) is 12.0 Å². The van der Waals surface area contributed by atoms with Crippen molar-refractivity contribution in [1.29, 1.82) is 0 Å². The van der Waals surface area contributed by atoms with E-state index in [1.165, 1.54) is 6.26 Å². The first-order chi connectivity index (χ1) is 6.40. The third kappa shape index (κ3) is 6.34. The highest BCUT2D eigenvalue weighted by Crippen LogP contribution is 2.13. The van der Waals surface area contributed by atoms with Gasteiger partial charge in [0.15, 0.2) is 0 Å². The summed E-state index contributed by atoms with van der Waals surface area (Å²) in [4.78, 5) is 0. The largest absolute Gasteiger partial charge is 0.271 e. The minimum Gasteiger partial charge on any atom is -0.271 e. The van der Waals surface area contributed by atoms with Crippen LogP contribution in [0, 0.1) is 5.92 Å². The smallest absolute Gasteiger partial charge is 0.147 e. The first-order valence-corrected chi connectivity index (χ1v) is 7.10. The summed E-state index contributed by atoms with van der Waals surface area (Å²) in [6.45, 7) is 4.21. The number of hydrazine groups is 1. The third-order valence-corrected chi connectivity index (χ3v) is 3.42. The second-order valence-electron chi connectivity index (χ2n) is 3.96. The summed E-state index contributed by atoms with van der Waals surface area (Å²) in [6.07, 6.45) is 4.01.